The lowest BCUT2D eigenvalue weighted by Crippen LogP contribution is -2.42. The van der Waals surface area contributed by atoms with Crippen LogP contribution in [0.4, 0.5) is 5.69 Å². The van der Waals surface area contributed by atoms with E-state index >= 15 is 0 Å². The van der Waals surface area contributed by atoms with Gasteiger partial charge in [0, 0.05) is 24.8 Å². The van der Waals surface area contributed by atoms with Crippen molar-refractivity contribution in [3.8, 4) is 0 Å². The Hall–Kier alpha value is -2.91. The number of benzene rings is 2. The number of piperidine rings is 1. The summed E-state index contributed by atoms with van der Waals surface area (Å²) in [5.74, 6) is -0.527. The number of sulfonamides is 1. The van der Waals surface area contributed by atoms with Gasteiger partial charge >= 0.3 is 5.76 Å². The van der Waals surface area contributed by atoms with Crippen molar-refractivity contribution in [3.05, 3.63) is 58.1 Å². The number of amides is 1. The molecule has 0 spiro atoms. The number of hydrogen-bond donors (Lipinski definition) is 1. The van der Waals surface area contributed by atoms with Crippen molar-refractivity contribution >= 4 is 32.7 Å². The second-order valence-electron chi connectivity index (χ2n) is 9.22. The third kappa shape index (κ3) is 4.74. The lowest BCUT2D eigenvalue weighted by atomic mass is 9.94. The van der Waals surface area contributed by atoms with E-state index in [1.54, 1.807) is 0 Å². The standard InChI is InChI=1S/C24H29N3O5S/c1-15-5-6-18(4)20(10-15)25-23(28)14-27-21-8-7-19(11-22(21)32-24(27)29)33(30,31)26-12-16(2)9-17(3)13-26/h5-8,10-11,16-17H,9,12-14H2,1-4H3,(H,25,28)/t16-,17-/m1/s1. The number of fused-ring (bicyclic) bond motifs is 1. The molecule has 2 aromatic carbocycles. The Balaban J connectivity index is 1.59. The average Bonchev–Trinajstić information content (AvgIpc) is 3.04. The minimum absolute atomic E-state index is 0.0806. The highest BCUT2D eigenvalue weighted by atomic mass is 32.2. The van der Waals surface area contributed by atoms with Crippen LogP contribution in [0.5, 0.6) is 0 Å². The average molecular weight is 472 g/mol. The van der Waals surface area contributed by atoms with Gasteiger partial charge in [-0.1, -0.05) is 26.0 Å². The fourth-order valence-corrected chi connectivity index (χ4v) is 6.21. The highest BCUT2D eigenvalue weighted by Gasteiger charge is 2.32. The topological polar surface area (TPSA) is 102 Å². The first kappa shape index (κ1) is 23.3. The molecule has 0 saturated carbocycles. The first-order valence-corrected chi connectivity index (χ1v) is 12.5. The third-order valence-electron chi connectivity index (χ3n) is 6.08. The summed E-state index contributed by atoms with van der Waals surface area (Å²) < 4.78 is 34.4. The molecule has 176 valence electrons. The van der Waals surface area contributed by atoms with Crippen LogP contribution in [0, 0.1) is 25.7 Å². The number of oxazole rings is 1. The normalized spacial score (nSPS) is 19.6. The second kappa shape index (κ2) is 8.79. The zero-order chi connectivity index (χ0) is 23.9. The summed E-state index contributed by atoms with van der Waals surface area (Å²) >= 11 is 0. The van der Waals surface area contributed by atoms with E-state index in [1.807, 2.05) is 45.9 Å². The van der Waals surface area contributed by atoms with Crippen LogP contribution in [0.2, 0.25) is 0 Å². The minimum atomic E-state index is -3.71. The van der Waals surface area contributed by atoms with Crippen molar-refractivity contribution in [2.45, 2.75) is 45.6 Å². The molecule has 1 amide bonds. The minimum Gasteiger partial charge on any atom is -0.408 e. The van der Waals surface area contributed by atoms with Crippen LogP contribution >= 0.6 is 0 Å². The van der Waals surface area contributed by atoms with Gasteiger partial charge in [-0.25, -0.2) is 13.2 Å². The van der Waals surface area contributed by atoms with Gasteiger partial charge in [0.2, 0.25) is 15.9 Å². The fourth-order valence-electron chi connectivity index (χ4n) is 4.51. The van der Waals surface area contributed by atoms with Crippen LogP contribution in [-0.2, 0) is 21.4 Å². The van der Waals surface area contributed by atoms with Crippen molar-refractivity contribution in [3.63, 3.8) is 0 Å². The van der Waals surface area contributed by atoms with Gasteiger partial charge in [-0.05, 0) is 61.4 Å². The van der Waals surface area contributed by atoms with Gasteiger partial charge in [0.1, 0.15) is 6.54 Å². The third-order valence-corrected chi connectivity index (χ3v) is 7.91. The zero-order valence-corrected chi connectivity index (χ0v) is 20.1. The molecule has 9 heteroatoms. The summed E-state index contributed by atoms with van der Waals surface area (Å²) in [5.41, 5.74) is 3.11. The van der Waals surface area contributed by atoms with Gasteiger partial charge in [0.25, 0.3) is 0 Å². The molecule has 4 rings (SSSR count). The molecule has 1 aliphatic heterocycles. The predicted octanol–water partition coefficient (Wildman–Crippen LogP) is 3.52. The molecule has 8 nitrogen and oxygen atoms in total. The van der Waals surface area contributed by atoms with Crippen molar-refractivity contribution < 1.29 is 17.6 Å². The van der Waals surface area contributed by atoms with Gasteiger partial charge in [-0.2, -0.15) is 4.31 Å². The van der Waals surface area contributed by atoms with Crippen LogP contribution in [0.3, 0.4) is 0 Å². The monoisotopic (exact) mass is 471 g/mol. The number of nitrogens with one attached hydrogen (secondary N) is 1. The molecule has 3 aromatic rings. The zero-order valence-electron chi connectivity index (χ0n) is 19.3. The van der Waals surface area contributed by atoms with E-state index in [0.29, 0.717) is 24.3 Å². The van der Waals surface area contributed by atoms with Gasteiger partial charge < -0.3 is 9.73 Å². The Labute approximate surface area is 193 Å². The maximum atomic E-state index is 13.2. The number of carbonyl (C=O) groups excluding carboxylic acids is 1. The Bertz CT molecular complexity index is 1360. The van der Waals surface area contributed by atoms with Crippen molar-refractivity contribution in [2.24, 2.45) is 11.8 Å². The van der Waals surface area contributed by atoms with Crippen LogP contribution in [0.1, 0.15) is 31.4 Å². The molecule has 0 radical (unpaired) electrons. The smallest absolute Gasteiger partial charge is 0.408 e. The largest absolute Gasteiger partial charge is 0.420 e. The van der Waals surface area contributed by atoms with E-state index in [9.17, 15) is 18.0 Å². The molecular formula is C24H29N3O5S. The summed E-state index contributed by atoms with van der Waals surface area (Å²) in [6.07, 6.45) is 0.993. The number of rotatable bonds is 5. The molecule has 0 aliphatic carbocycles. The number of aromatic nitrogens is 1. The fraction of sp³-hybridized carbons (Fsp3) is 0.417. The van der Waals surface area contributed by atoms with E-state index < -0.39 is 15.8 Å². The molecule has 1 aliphatic rings. The quantitative estimate of drug-likeness (QED) is 0.614. The highest BCUT2D eigenvalue weighted by Crippen LogP contribution is 2.28. The number of nitrogens with zero attached hydrogens (tertiary/aromatic N) is 2. The van der Waals surface area contributed by atoms with Crippen LogP contribution in [0.15, 0.2) is 50.5 Å². The van der Waals surface area contributed by atoms with Crippen LogP contribution < -0.4 is 11.1 Å². The summed E-state index contributed by atoms with van der Waals surface area (Å²) in [6, 6.07) is 10.1. The van der Waals surface area contributed by atoms with Crippen molar-refractivity contribution in [1.82, 2.24) is 8.87 Å². The number of hydrogen-bond acceptors (Lipinski definition) is 5. The SMILES string of the molecule is Cc1ccc(C)c(NC(=O)Cn2c(=O)oc3cc(S(=O)(=O)N4C[C@H](C)C[C@@H](C)C4)ccc32)c1. The van der Waals surface area contributed by atoms with E-state index in [4.69, 9.17) is 4.42 Å². The van der Waals surface area contributed by atoms with Gasteiger partial charge in [0.05, 0.1) is 10.4 Å². The number of carbonyl (C=O) groups is 1. The first-order valence-electron chi connectivity index (χ1n) is 11.0. The second-order valence-corrected chi connectivity index (χ2v) is 11.2. The molecule has 0 bridgehead atoms. The van der Waals surface area contributed by atoms with E-state index in [1.165, 1.54) is 27.1 Å². The summed E-state index contributed by atoms with van der Waals surface area (Å²) in [6.45, 7) is 8.60. The Morgan fingerprint density at radius 1 is 1.09 bits per heavy atom. The molecular weight excluding hydrogens is 442 g/mol. The maximum Gasteiger partial charge on any atom is 0.420 e. The van der Waals surface area contributed by atoms with Crippen molar-refractivity contribution in [2.75, 3.05) is 18.4 Å². The molecule has 1 saturated heterocycles. The Morgan fingerprint density at radius 2 is 1.79 bits per heavy atom. The molecule has 2 heterocycles. The Kier molecular flexibility index (Phi) is 6.20. The van der Waals surface area contributed by atoms with Gasteiger partial charge in [-0.3, -0.25) is 9.36 Å². The van der Waals surface area contributed by atoms with Crippen LogP contribution in [-0.4, -0.2) is 36.3 Å². The molecule has 1 fully saturated rings. The van der Waals surface area contributed by atoms with Crippen molar-refractivity contribution in [1.29, 1.82) is 0 Å². The summed E-state index contributed by atoms with van der Waals surface area (Å²) in [7, 11) is -3.71. The summed E-state index contributed by atoms with van der Waals surface area (Å²) in [5, 5.41) is 2.83. The van der Waals surface area contributed by atoms with Gasteiger partial charge in [0.15, 0.2) is 5.58 Å². The number of anilines is 1. The first-order chi connectivity index (χ1) is 15.5. The highest BCUT2D eigenvalue weighted by molar-refractivity contribution is 7.89. The predicted molar refractivity (Wildman–Crippen MR) is 127 cm³/mol. The van der Waals surface area contributed by atoms with E-state index in [0.717, 1.165) is 17.5 Å². The molecule has 1 aromatic heterocycles. The molecule has 33 heavy (non-hydrogen) atoms. The molecule has 1 N–H and O–H groups in total. The lowest BCUT2D eigenvalue weighted by Gasteiger charge is -2.34. The lowest BCUT2D eigenvalue weighted by molar-refractivity contribution is -0.116. The van der Waals surface area contributed by atoms with Crippen LogP contribution in [0.25, 0.3) is 11.1 Å². The summed E-state index contributed by atoms with van der Waals surface area (Å²) in [4.78, 5) is 25.2. The Morgan fingerprint density at radius 3 is 2.48 bits per heavy atom. The molecule has 2 atom stereocenters. The number of aryl methyl sites for hydroxylation is 2. The molecule has 0 unspecified atom stereocenters. The van der Waals surface area contributed by atoms with Gasteiger partial charge in [-0.15, -0.1) is 0 Å². The maximum absolute atomic E-state index is 13.2. The van der Waals surface area contributed by atoms with E-state index in [2.05, 4.69) is 5.32 Å². The van der Waals surface area contributed by atoms with E-state index in [-0.39, 0.29) is 34.8 Å².